The van der Waals surface area contributed by atoms with Gasteiger partial charge >= 0.3 is 5.97 Å². The van der Waals surface area contributed by atoms with Gasteiger partial charge in [0.15, 0.2) is 5.78 Å². The van der Waals surface area contributed by atoms with E-state index in [4.69, 9.17) is 0 Å². The van der Waals surface area contributed by atoms with Gasteiger partial charge in [0.1, 0.15) is 6.54 Å². The van der Waals surface area contributed by atoms with E-state index in [9.17, 15) is 14.4 Å². The van der Waals surface area contributed by atoms with Crippen molar-refractivity contribution >= 4 is 17.7 Å². The fourth-order valence-electron chi connectivity index (χ4n) is 2.36. The van der Waals surface area contributed by atoms with Gasteiger partial charge in [0.05, 0.1) is 7.11 Å². The second-order valence-electron chi connectivity index (χ2n) is 4.26. The molecule has 0 N–H and O–H groups in total. The minimum absolute atomic E-state index is 0.0819. The molecule has 0 bridgehead atoms. The van der Waals surface area contributed by atoms with E-state index in [0.717, 1.165) is 17.7 Å². The fourth-order valence-corrected chi connectivity index (χ4v) is 2.36. The first-order valence-corrected chi connectivity index (χ1v) is 5.76. The van der Waals surface area contributed by atoms with Gasteiger partial charge in [-0.25, -0.2) is 0 Å². The average Bonchev–Trinajstić information content (AvgIpc) is 2.33. The van der Waals surface area contributed by atoms with Crippen LogP contribution in [0.3, 0.4) is 0 Å². The number of esters is 1. The Balaban J connectivity index is 2.27. The molecule has 0 radical (unpaired) electrons. The Kier molecular flexibility index (Phi) is 3.26. The van der Waals surface area contributed by atoms with Crippen molar-refractivity contribution in [3.05, 3.63) is 11.3 Å². The van der Waals surface area contributed by atoms with Crippen molar-refractivity contribution < 1.29 is 19.1 Å². The number of hydrogen-bond donors (Lipinski definition) is 0. The number of hydrogen-bond acceptors (Lipinski definition) is 4. The van der Waals surface area contributed by atoms with Crippen LogP contribution in [0, 0.1) is 0 Å². The third-order valence-electron chi connectivity index (χ3n) is 3.23. The second kappa shape index (κ2) is 4.69. The number of nitrogens with zero attached hydrogens (tertiary/aromatic N) is 1. The lowest BCUT2D eigenvalue weighted by Crippen LogP contribution is -2.40. The summed E-state index contributed by atoms with van der Waals surface area (Å²) in [5.41, 5.74) is 1.47. The lowest BCUT2D eigenvalue weighted by Gasteiger charge is -2.33. The summed E-state index contributed by atoms with van der Waals surface area (Å²) >= 11 is 0. The van der Waals surface area contributed by atoms with Gasteiger partial charge in [-0.2, -0.15) is 0 Å². The van der Waals surface area contributed by atoms with Gasteiger partial charge in [-0.1, -0.05) is 0 Å². The number of Topliss-reactive ketones (excluding diaryl/α,β-unsaturated/α-hetero) is 1. The average molecular weight is 237 g/mol. The predicted molar refractivity (Wildman–Crippen MR) is 58.8 cm³/mol. The molecule has 0 saturated heterocycles. The maximum Gasteiger partial charge on any atom is 0.325 e. The molecule has 2 rings (SSSR count). The highest BCUT2D eigenvalue weighted by molar-refractivity contribution is 6.00. The third kappa shape index (κ3) is 2.23. The molecule has 0 fully saturated rings. The third-order valence-corrected chi connectivity index (χ3v) is 3.23. The Morgan fingerprint density at radius 2 is 2.00 bits per heavy atom. The summed E-state index contributed by atoms with van der Waals surface area (Å²) in [5.74, 6) is -0.428. The molecular formula is C12H15NO4. The molecule has 5 heteroatoms. The molecule has 0 aromatic heterocycles. The zero-order valence-corrected chi connectivity index (χ0v) is 9.82. The fraction of sp³-hybridized carbons (Fsp3) is 0.583. The Morgan fingerprint density at radius 3 is 2.71 bits per heavy atom. The van der Waals surface area contributed by atoms with Crippen molar-refractivity contribution in [2.45, 2.75) is 32.1 Å². The SMILES string of the molecule is COC(=O)CN1C(=O)CCC2=C1CCCC2=O. The lowest BCUT2D eigenvalue weighted by molar-refractivity contribution is -0.146. The van der Waals surface area contributed by atoms with Crippen LogP contribution >= 0.6 is 0 Å². The standard InChI is InChI=1S/C12H15NO4/c1-17-12(16)7-13-9-3-2-4-10(14)8(9)5-6-11(13)15/h2-7H2,1H3. The summed E-state index contributed by atoms with van der Waals surface area (Å²) in [7, 11) is 1.29. The quantitative estimate of drug-likeness (QED) is 0.666. The molecule has 0 aromatic carbocycles. The van der Waals surface area contributed by atoms with Crippen LogP contribution in [0.5, 0.6) is 0 Å². The van der Waals surface area contributed by atoms with Gasteiger partial charge in [-0.3, -0.25) is 14.4 Å². The maximum absolute atomic E-state index is 11.8. The lowest BCUT2D eigenvalue weighted by atomic mass is 9.88. The summed E-state index contributed by atoms with van der Waals surface area (Å²) in [5, 5.41) is 0. The van der Waals surface area contributed by atoms with Gasteiger partial charge in [0, 0.05) is 24.1 Å². The topological polar surface area (TPSA) is 63.7 Å². The van der Waals surface area contributed by atoms with E-state index in [-0.39, 0.29) is 18.2 Å². The van der Waals surface area contributed by atoms with E-state index in [2.05, 4.69) is 4.74 Å². The van der Waals surface area contributed by atoms with Crippen LogP contribution in [0.15, 0.2) is 11.3 Å². The minimum Gasteiger partial charge on any atom is -0.468 e. The van der Waals surface area contributed by atoms with Crippen molar-refractivity contribution in [2.24, 2.45) is 0 Å². The number of ketones is 1. The van der Waals surface area contributed by atoms with Crippen LogP contribution in [0.1, 0.15) is 32.1 Å². The summed E-state index contributed by atoms with van der Waals surface area (Å²) in [4.78, 5) is 36.2. The first kappa shape index (κ1) is 11.8. The Hall–Kier alpha value is -1.65. The van der Waals surface area contributed by atoms with E-state index < -0.39 is 5.97 Å². The van der Waals surface area contributed by atoms with Crippen molar-refractivity contribution in [3.63, 3.8) is 0 Å². The van der Waals surface area contributed by atoms with Crippen LogP contribution in [0.2, 0.25) is 0 Å². The summed E-state index contributed by atoms with van der Waals surface area (Å²) in [6, 6.07) is 0. The van der Waals surface area contributed by atoms with Crippen LogP contribution in [0.4, 0.5) is 0 Å². The summed E-state index contributed by atoms with van der Waals surface area (Å²) < 4.78 is 4.57. The highest BCUT2D eigenvalue weighted by Gasteiger charge is 2.33. The van der Waals surface area contributed by atoms with Crippen molar-refractivity contribution in [3.8, 4) is 0 Å². The van der Waals surface area contributed by atoms with Crippen LogP contribution in [0.25, 0.3) is 0 Å². The van der Waals surface area contributed by atoms with E-state index in [1.807, 2.05) is 0 Å². The molecule has 2 aliphatic rings. The first-order chi connectivity index (χ1) is 8.13. The summed E-state index contributed by atoms with van der Waals surface area (Å²) in [6.45, 7) is -0.0819. The largest absolute Gasteiger partial charge is 0.468 e. The normalized spacial score (nSPS) is 20.4. The number of carbonyl (C=O) groups is 3. The number of allylic oxidation sites excluding steroid dienone is 2. The smallest absolute Gasteiger partial charge is 0.325 e. The molecule has 17 heavy (non-hydrogen) atoms. The van der Waals surface area contributed by atoms with E-state index in [1.165, 1.54) is 12.0 Å². The first-order valence-electron chi connectivity index (χ1n) is 5.76. The molecule has 1 aliphatic carbocycles. The molecule has 0 aromatic rings. The molecule has 5 nitrogen and oxygen atoms in total. The Bertz CT molecular complexity index is 411. The van der Waals surface area contributed by atoms with E-state index >= 15 is 0 Å². The maximum atomic E-state index is 11.8. The van der Waals surface area contributed by atoms with Gasteiger partial charge in [-0.05, 0) is 19.3 Å². The highest BCUT2D eigenvalue weighted by Crippen LogP contribution is 2.32. The molecule has 1 aliphatic heterocycles. The number of methoxy groups -OCH3 is 1. The van der Waals surface area contributed by atoms with E-state index in [0.29, 0.717) is 25.7 Å². The van der Waals surface area contributed by atoms with Gasteiger partial charge in [-0.15, -0.1) is 0 Å². The zero-order valence-electron chi connectivity index (χ0n) is 9.82. The van der Waals surface area contributed by atoms with E-state index in [1.54, 1.807) is 0 Å². The molecule has 1 heterocycles. The monoisotopic (exact) mass is 237 g/mol. The number of rotatable bonds is 2. The molecular weight excluding hydrogens is 222 g/mol. The Morgan fingerprint density at radius 1 is 1.24 bits per heavy atom. The van der Waals surface area contributed by atoms with Crippen LogP contribution in [-0.4, -0.2) is 36.2 Å². The minimum atomic E-state index is -0.454. The van der Waals surface area contributed by atoms with Crippen molar-refractivity contribution in [1.82, 2.24) is 4.90 Å². The number of carbonyl (C=O) groups excluding carboxylic acids is 3. The number of amides is 1. The molecule has 0 saturated carbocycles. The van der Waals surface area contributed by atoms with Gasteiger partial charge < -0.3 is 9.64 Å². The predicted octanol–water partition coefficient (Wildman–Crippen LogP) is 0.789. The molecule has 0 atom stereocenters. The number of ether oxygens (including phenoxy) is 1. The second-order valence-corrected chi connectivity index (χ2v) is 4.26. The van der Waals surface area contributed by atoms with Gasteiger partial charge in [0.2, 0.25) is 5.91 Å². The highest BCUT2D eigenvalue weighted by atomic mass is 16.5. The van der Waals surface area contributed by atoms with Crippen LogP contribution < -0.4 is 0 Å². The van der Waals surface area contributed by atoms with Crippen molar-refractivity contribution in [2.75, 3.05) is 13.7 Å². The zero-order chi connectivity index (χ0) is 12.4. The van der Waals surface area contributed by atoms with Crippen molar-refractivity contribution in [1.29, 1.82) is 0 Å². The van der Waals surface area contributed by atoms with Crippen LogP contribution in [-0.2, 0) is 19.1 Å². The molecule has 92 valence electrons. The Labute approximate surface area is 99.4 Å². The summed E-state index contributed by atoms with van der Waals surface area (Å²) in [6.07, 6.45) is 2.83. The molecule has 0 spiro atoms. The van der Waals surface area contributed by atoms with Gasteiger partial charge in [0.25, 0.3) is 0 Å². The molecule has 1 amide bonds. The molecule has 0 unspecified atom stereocenters.